The fourth-order valence-corrected chi connectivity index (χ4v) is 2.82. The van der Waals surface area contributed by atoms with Gasteiger partial charge in [0.1, 0.15) is 11.3 Å². The van der Waals surface area contributed by atoms with Crippen LogP contribution in [0.5, 0.6) is 0 Å². The van der Waals surface area contributed by atoms with Crippen LogP contribution in [0, 0.1) is 10.6 Å². The van der Waals surface area contributed by atoms with Gasteiger partial charge in [0.05, 0.1) is 12.9 Å². The lowest BCUT2D eigenvalue weighted by Gasteiger charge is -2.07. The van der Waals surface area contributed by atoms with Crippen LogP contribution in [0.3, 0.4) is 0 Å². The Balaban J connectivity index is 1.93. The van der Waals surface area contributed by atoms with E-state index in [0.29, 0.717) is 17.7 Å². The van der Waals surface area contributed by atoms with Crippen LogP contribution >= 0.6 is 12.2 Å². The minimum atomic E-state index is -0.307. The summed E-state index contributed by atoms with van der Waals surface area (Å²) in [6.45, 7) is 0.375. The second-order valence-electron chi connectivity index (χ2n) is 4.95. The van der Waals surface area contributed by atoms with E-state index in [0.717, 1.165) is 16.5 Å². The van der Waals surface area contributed by atoms with Crippen LogP contribution in [0.2, 0.25) is 0 Å². The zero-order valence-corrected chi connectivity index (χ0v) is 12.0. The molecule has 1 aromatic carbocycles. The molecule has 3 N–H and O–H groups in total. The third-order valence-electron chi connectivity index (χ3n) is 3.63. The van der Waals surface area contributed by atoms with E-state index in [4.69, 9.17) is 12.2 Å². The first-order valence-electron chi connectivity index (χ1n) is 6.55. The summed E-state index contributed by atoms with van der Waals surface area (Å²) in [6, 6.07) is 4.56. The van der Waals surface area contributed by atoms with Gasteiger partial charge >= 0.3 is 0 Å². The van der Waals surface area contributed by atoms with Crippen LogP contribution in [0.25, 0.3) is 22.1 Å². The van der Waals surface area contributed by atoms with Gasteiger partial charge in [0, 0.05) is 17.1 Å². The van der Waals surface area contributed by atoms with E-state index in [1.165, 1.54) is 18.5 Å². The van der Waals surface area contributed by atoms with Crippen molar-refractivity contribution in [1.82, 2.24) is 24.5 Å². The van der Waals surface area contributed by atoms with E-state index >= 15 is 0 Å². The lowest BCUT2D eigenvalue weighted by Crippen LogP contribution is -2.15. The normalized spacial score (nSPS) is 11.5. The van der Waals surface area contributed by atoms with Gasteiger partial charge in [-0.2, -0.15) is 0 Å². The summed E-state index contributed by atoms with van der Waals surface area (Å²) in [5.41, 5.74) is 2.23. The number of imidazole rings is 1. The van der Waals surface area contributed by atoms with Crippen molar-refractivity contribution in [1.29, 1.82) is 0 Å². The Morgan fingerprint density at radius 2 is 2.18 bits per heavy atom. The maximum atomic E-state index is 13.5. The molecule has 0 bridgehead atoms. The zero-order chi connectivity index (χ0) is 15.3. The first-order valence-corrected chi connectivity index (χ1v) is 6.96. The number of aromatic nitrogens is 5. The Morgan fingerprint density at radius 1 is 1.32 bits per heavy atom. The number of halogens is 1. The SMILES string of the molecule is O=c1[nH]c(=S)n(Cc2c[nH]c3ccc(F)cc23)c2nc[nH]c12. The summed E-state index contributed by atoms with van der Waals surface area (Å²) in [6.07, 6.45) is 3.25. The number of nitrogens with one attached hydrogen (secondary N) is 3. The molecule has 0 amide bonds. The number of aromatic amines is 3. The zero-order valence-electron chi connectivity index (χ0n) is 11.2. The molecule has 3 aromatic heterocycles. The van der Waals surface area contributed by atoms with E-state index in [1.54, 1.807) is 16.8 Å². The highest BCUT2D eigenvalue weighted by Crippen LogP contribution is 2.21. The van der Waals surface area contributed by atoms with E-state index in [1.807, 2.05) is 0 Å². The molecule has 0 saturated carbocycles. The maximum absolute atomic E-state index is 13.5. The average Bonchev–Trinajstić information content (AvgIpc) is 3.10. The molecule has 0 aliphatic carbocycles. The lowest BCUT2D eigenvalue weighted by atomic mass is 10.1. The molecular formula is C14H10FN5OS. The van der Waals surface area contributed by atoms with E-state index in [2.05, 4.69) is 19.9 Å². The number of fused-ring (bicyclic) bond motifs is 2. The predicted molar refractivity (Wildman–Crippen MR) is 82.9 cm³/mol. The Kier molecular flexibility index (Phi) is 2.73. The second-order valence-corrected chi connectivity index (χ2v) is 5.34. The van der Waals surface area contributed by atoms with Gasteiger partial charge in [-0.25, -0.2) is 9.37 Å². The molecule has 0 spiro atoms. The number of benzene rings is 1. The van der Waals surface area contributed by atoms with Crippen LogP contribution in [0.4, 0.5) is 4.39 Å². The third kappa shape index (κ3) is 1.88. The summed E-state index contributed by atoms with van der Waals surface area (Å²) in [5, 5.41) is 0.775. The van der Waals surface area contributed by atoms with Gasteiger partial charge in [-0.1, -0.05) is 0 Å². The standard InChI is InChI=1S/C14H10FN5OS/c15-8-1-2-10-9(3-8)7(4-16-10)5-20-12-11(17-6-18-12)13(21)19-14(20)22/h1-4,6,16H,5H2,(H,17,18)(H,19,21,22). The molecule has 0 unspecified atom stereocenters. The summed E-state index contributed by atoms with van der Waals surface area (Å²) in [4.78, 5) is 24.5. The largest absolute Gasteiger partial charge is 0.361 e. The van der Waals surface area contributed by atoms with Crippen LogP contribution in [0.15, 0.2) is 35.5 Å². The molecule has 0 saturated heterocycles. The van der Waals surface area contributed by atoms with Crippen molar-refractivity contribution in [2.24, 2.45) is 0 Å². The van der Waals surface area contributed by atoms with Crippen molar-refractivity contribution in [2.75, 3.05) is 0 Å². The van der Waals surface area contributed by atoms with Crippen molar-refractivity contribution in [3.05, 3.63) is 57.2 Å². The third-order valence-corrected chi connectivity index (χ3v) is 3.95. The number of rotatable bonds is 2. The predicted octanol–water partition coefficient (Wildman–Crippen LogP) is 2.45. The minimum absolute atomic E-state index is 0.273. The molecule has 0 aliphatic rings. The fourth-order valence-electron chi connectivity index (χ4n) is 2.58. The van der Waals surface area contributed by atoms with E-state index in [-0.39, 0.29) is 16.1 Å². The van der Waals surface area contributed by atoms with Crippen molar-refractivity contribution < 1.29 is 4.39 Å². The van der Waals surface area contributed by atoms with Crippen molar-refractivity contribution in [3.63, 3.8) is 0 Å². The number of hydrogen-bond acceptors (Lipinski definition) is 3. The van der Waals surface area contributed by atoms with Crippen LogP contribution in [-0.4, -0.2) is 24.5 Å². The van der Waals surface area contributed by atoms with Gasteiger partial charge in [-0.05, 0) is 36.0 Å². The van der Waals surface area contributed by atoms with Crippen LogP contribution < -0.4 is 5.56 Å². The summed E-state index contributed by atoms with van der Waals surface area (Å²) in [5.74, 6) is -0.302. The molecule has 4 aromatic rings. The Morgan fingerprint density at radius 3 is 3.05 bits per heavy atom. The van der Waals surface area contributed by atoms with Gasteiger partial charge in [0.25, 0.3) is 5.56 Å². The van der Waals surface area contributed by atoms with Crippen molar-refractivity contribution in [2.45, 2.75) is 6.54 Å². The molecule has 0 aliphatic heterocycles. The highest BCUT2D eigenvalue weighted by Gasteiger charge is 2.11. The number of H-pyrrole nitrogens is 3. The number of hydrogen-bond donors (Lipinski definition) is 3. The summed E-state index contributed by atoms with van der Waals surface area (Å²) in [7, 11) is 0. The van der Waals surface area contributed by atoms with Gasteiger partial charge < -0.3 is 9.97 Å². The van der Waals surface area contributed by atoms with Gasteiger partial charge in [-0.3, -0.25) is 14.3 Å². The van der Waals surface area contributed by atoms with Crippen LogP contribution in [0.1, 0.15) is 5.56 Å². The fraction of sp³-hybridized carbons (Fsp3) is 0.0714. The minimum Gasteiger partial charge on any atom is -0.361 e. The van der Waals surface area contributed by atoms with Gasteiger partial charge in [0.2, 0.25) is 0 Å². The molecule has 6 nitrogen and oxygen atoms in total. The highest BCUT2D eigenvalue weighted by molar-refractivity contribution is 7.71. The molecule has 110 valence electrons. The molecule has 3 heterocycles. The molecule has 0 atom stereocenters. The molecule has 4 rings (SSSR count). The highest BCUT2D eigenvalue weighted by atomic mass is 32.1. The van der Waals surface area contributed by atoms with Crippen molar-refractivity contribution >= 4 is 34.3 Å². The lowest BCUT2D eigenvalue weighted by molar-refractivity contribution is 0.629. The first-order chi connectivity index (χ1) is 10.6. The molecule has 8 heteroatoms. The van der Waals surface area contributed by atoms with E-state index < -0.39 is 0 Å². The van der Waals surface area contributed by atoms with Gasteiger partial charge in [0.15, 0.2) is 10.4 Å². The molecule has 0 radical (unpaired) electrons. The quantitative estimate of drug-likeness (QED) is 0.497. The molecule has 22 heavy (non-hydrogen) atoms. The van der Waals surface area contributed by atoms with Crippen LogP contribution in [-0.2, 0) is 6.54 Å². The molecular weight excluding hydrogens is 305 g/mol. The maximum Gasteiger partial charge on any atom is 0.277 e. The monoisotopic (exact) mass is 315 g/mol. The van der Waals surface area contributed by atoms with E-state index in [9.17, 15) is 9.18 Å². The second kappa shape index (κ2) is 4.63. The topological polar surface area (TPSA) is 82.3 Å². The smallest absolute Gasteiger partial charge is 0.277 e. The first kappa shape index (κ1) is 13.0. The van der Waals surface area contributed by atoms with Gasteiger partial charge in [-0.15, -0.1) is 0 Å². The summed E-state index contributed by atoms with van der Waals surface area (Å²) < 4.78 is 15.4. The Hall–Kier alpha value is -2.74. The number of nitrogens with zero attached hydrogens (tertiary/aromatic N) is 2. The Labute approximate surface area is 127 Å². The molecule has 0 fully saturated rings. The average molecular weight is 315 g/mol. The summed E-state index contributed by atoms with van der Waals surface area (Å²) >= 11 is 5.22. The Bertz CT molecular complexity index is 1120. The van der Waals surface area contributed by atoms with Crippen molar-refractivity contribution in [3.8, 4) is 0 Å².